The second-order valence-electron chi connectivity index (χ2n) is 10.3. The zero-order valence-electron chi connectivity index (χ0n) is 16.6. The number of rotatable bonds is 3. The van der Waals surface area contributed by atoms with Crippen LogP contribution in [0.15, 0.2) is 12.2 Å². The molecule has 2 saturated heterocycles. The van der Waals surface area contributed by atoms with Gasteiger partial charge in [0.25, 0.3) is 0 Å². The van der Waals surface area contributed by atoms with Gasteiger partial charge < -0.3 is 14.2 Å². The van der Waals surface area contributed by atoms with E-state index in [0.29, 0.717) is 48.9 Å². The lowest BCUT2D eigenvalue weighted by atomic mass is 9.68. The topological polar surface area (TPSA) is 27.7 Å². The van der Waals surface area contributed by atoms with E-state index in [1.54, 1.807) is 0 Å². The molecule has 3 saturated carbocycles. The molecule has 3 nitrogen and oxygen atoms in total. The molecule has 10 atom stereocenters. The Bertz CT molecular complexity index is 733. The lowest BCUT2D eigenvalue weighted by molar-refractivity contribution is -0.451. The standard InChI is InChI=1S/C22H27F5O3/c23-20(24)10-16(29-21(20,22(25,26)27)30-17-3-1-2-6-28-17)14-8-13-9-15(14)19-12-5-4-11(7-12)18(13)19/h4-5,11-19H,1-3,6-10H2. The van der Waals surface area contributed by atoms with Crippen LogP contribution in [0.4, 0.5) is 22.0 Å². The number of halogens is 5. The summed E-state index contributed by atoms with van der Waals surface area (Å²) in [6.45, 7) is 0.207. The minimum Gasteiger partial charge on any atom is -0.353 e. The number of hydrogen-bond acceptors (Lipinski definition) is 3. The quantitative estimate of drug-likeness (QED) is 0.343. The Labute approximate surface area is 172 Å². The number of hydrogen-bond donors (Lipinski definition) is 0. The molecule has 2 heterocycles. The molecule has 8 heteroatoms. The van der Waals surface area contributed by atoms with E-state index >= 15 is 8.78 Å². The first-order valence-corrected chi connectivity index (χ1v) is 11.3. The van der Waals surface area contributed by atoms with E-state index in [0.717, 1.165) is 12.8 Å². The summed E-state index contributed by atoms with van der Waals surface area (Å²) >= 11 is 0. The summed E-state index contributed by atoms with van der Waals surface area (Å²) in [4.78, 5) is 0. The molecular weight excluding hydrogens is 407 g/mol. The predicted octanol–water partition coefficient (Wildman–Crippen LogP) is 5.31. The molecule has 168 valence electrons. The van der Waals surface area contributed by atoms with Crippen LogP contribution >= 0.6 is 0 Å². The molecule has 5 fully saturated rings. The van der Waals surface area contributed by atoms with Crippen LogP contribution in [-0.2, 0) is 14.2 Å². The molecule has 0 amide bonds. The molecule has 30 heavy (non-hydrogen) atoms. The predicted molar refractivity (Wildman–Crippen MR) is 95.3 cm³/mol. The van der Waals surface area contributed by atoms with Crippen molar-refractivity contribution in [3.05, 3.63) is 12.2 Å². The van der Waals surface area contributed by atoms with Gasteiger partial charge in [0.2, 0.25) is 0 Å². The molecule has 4 bridgehead atoms. The summed E-state index contributed by atoms with van der Waals surface area (Å²) in [5.74, 6) is -5.68. The van der Waals surface area contributed by atoms with Gasteiger partial charge in [-0.15, -0.1) is 0 Å². The van der Waals surface area contributed by atoms with Gasteiger partial charge in [0.05, 0.1) is 6.10 Å². The molecule has 0 spiro atoms. The first-order valence-electron chi connectivity index (χ1n) is 11.3. The fourth-order valence-electron chi connectivity index (χ4n) is 7.91. The van der Waals surface area contributed by atoms with Crippen molar-refractivity contribution >= 4 is 0 Å². The van der Waals surface area contributed by atoms with Crippen LogP contribution in [0.25, 0.3) is 0 Å². The maximum Gasteiger partial charge on any atom is 0.450 e. The molecule has 0 aromatic heterocycles. The summed E-state index contributed by atoms with van der Waals surface area (Å²) in [6, 6.07) is 0. The molecular formula is C22H27F5O3. The summed E-state index contributed by atoms with van der Waals surface area (Å²) in [5, 5.41) is 0. The summed E-state index contributed by atoms with van der Waals surface area (Å²) in [7, 11) is 0. The van der Waals surface area contributed by atoms with Crippen molar-refractivity contribution in [2.75, 3.05) is 6.61 Å². The summed E-state index contributed by atoms with van der Waals surface area (Å²) in [5.41, 5.74) is 0. The summed E-state index contributed by atoms with van der Waals surface area (Å²) < 4.78 is 87.8. The van der Waals surface area contributed by atoms with Crippen LogP contribution in [0.1, 0.15) is 44.9 Å². The third-order valence-corrected chi connectivity index (χ3v) is 8.86. The van der Waals surface area contributed by atoms with Gasteiger partial charge >= 0.3 is 17.9 Å². The van der Waals surface area contributed by atoms with Crippen LogP contribution in [0.2, 0.25) is 0 Å². The number of allylic oxidation sites excluding steroid dienone is 2. The van der Waals surface area contributed by atoms with E-state index in [-0.39, 0.29) is 24.9 Å². The highest BCUT2D eigenvalue weighted by Gasteiger charge is 2.79. The van der Waals surface area contributed by atoms with E-state index in [9.17, 15) is 13.2 Å². The summed E-state index contributed by atoms with van der Waals surface area (Å²) in [6.07, 6.45) is -0.0394. The molecule has 0 aromatic carbocycles. The van der Waals surface area contributed by atoms with Gasteiger partial charge in [0.15, 0.2) is 6.29 Å². The molecule has 0 radical (unpaired) electrons. The van der Waals surface area contributed by atoms with E-state index < -0.39 is 36.7 Å². The van der Waals surface area contributed by atoms with Gasteiger partial charge in [-0.2, -0.15) is 13.2 Å². The van der Waals surface area contributed by atoms with Crippen LogP contribution < -0.4 is 0 Å². The Kier molecular flexibility index (Phi) is 4.26. The van der Waals surface area contributed by atoms with Crippen molar-refractivity contribution in [1.29, 1.82) is 0 Å². The van der Waals surface area contributed by atoms with E-state index in [2.05, 4.69) is 12.2 Å². The van der Waals surface area contributed by atoms with Crippen LogP contribution in [0.3, 0.4) is 0 Å². The van der Waals surface area contributed by atoms with Crippen molar-refractivity contribution in [2.45, 2.75) is 75.2 Å². The lowest BCUT2D eigenvalue weighted by Crippen LogP contribution is -2.60. The third-order valence-electron chi connectivity index (χ3n) is 8.86. The Morgan fingerprint density at radius 1 is 0.933 bits per heavy atom. The molecule has 10 unspecified atom stereocenters. The van der Waals surface area contributed by atoms with E-state index in [4.69, 9.17) is 14.2 Å². The smallest absolute Gasteiger partial charge is 0.353 e. The Balaban J connectivity index is 1.26. The highest BCUT2D eigenvalue weighted by molar-refractivity contribution is 5.21. The zero-order chi connectivity index (χ0) is 20.9. The van der Waals surface area contributed by atoms with Crippen LogP contribution in [-0.4, -0.2) is 36.9 Å². The first-order chi connectivity index (χ1) is 14.2. The third kappa shape index (κ3) is 2.59. The normalized spacial score (nSPS) is 53.6. The van der Waals surface area contributed by atoms with Crippen molar-refractivity contribution in [3.63, 3.8) is 0 Å². The molecule has 6 rings (SSSR count). The fourth-order valence-corrected chi connectivity index (χ4v) is 7.91. The maximum atomic E-state index is 15.0. The Morgan fingerprint density at radius 3 is 2.37 bits per heavy atom. The molecule has 6 aliphatic rings. The minimum atomic E-state index is -5.35. The molecule has 0 N–H and O–H groups in total. The van der Waals surface area contributed by atoms with Crippen molar-refractivity contribution in [1.82, 2.24) is 0 Å². The van der Waals surface area contributed by atoms with Crippen LogP contribution in [0, 0.1) is 41.4 Å². The van der Waals surface area contributed by atoms with Gasteiger partial charge in [-0.05, 0) is 80.0 Å². The van der Waals surface area contributed by atoms with Crippen molar-refractivity contribution in [3.8, 4) is 0 Å². The molecule has 2 aliphatic heterocycles. The SMILES string of the molecule is FC(F)(F)C1(OC2CCCCO2)OC(C2CC3CC2C2C4C=CC(C4)C32)CC1(F)F. The van der Waals surface area contributed by atoms with Crippen LogP contribution in [0.5, 0.6) is 0 Å². The van der Waals surface area contributed by atoms with Crippen molar-refractivity contribution < 1.29 is 36.2 Å². The lowest BCUT2D eigenvalue weighted by Gasteiger charge is -2.40. The first kappa shape index (κ1) is 19.9. The maximum absolute atomic E-state index is 15.0. The van der Waals surface area contributed by atoms with Gasteiger partial charge in [0.1, 0.15) is 0 Å². The average Bonchev–Trinajstić information content (AvgIpc) is 3.47. The second-order valence-corrected chi connectivity index (χ2v) is 10.3. The van der Waals surface area contributed by atoms with Gasteiger partial charge in [-0.25, -0.2) is 8.78 Å². The number of fused-ring (bicyclic) bond motifs is 9. The number of alkyl halides is 5. The average molecular weight is 434 g/mol. The van der Waals surface area contributed by atoms with E-state index in [1.807, 2.05) is 0 Å². The Hall–Kier alpha value is -0.730. The monoisotopic (exact) mass is 434 g/mol. The van der Waals surface area contributed by atoms with Gasteiger partial charge in [-0.3, -0.25) is 0 Å². The second kappa shape index (κ2) is 6.41. The van der Waals surface area contributed by atoms with E-state index in [1.165, 1.54) is 0 Å². The Morgan fingerprint density at radius 2 is 1.67 bits per heavy atom. The van der Waals surface area contributed by atoms with Gasteiger partial charge in [-0.1, -0.05) is 12.2 Å². The molecule has 4 aliphatic carbocycles. The van der Waals surface area contributed by atoms with Crippen molar-refractivity contribution in [2.24, 2.45) is 41.4 Å². The molecule has 0 aromatic rings. The highest BCUT2D eigenvalue weighted by Crippen LogP contribution is 2.69. The minimum absolute atomic E-state index is 0.162. The fraction of sp³-hybridized carbons (Fsp3) is 0.909. The van der Waals surface area contributed by atoms with Gasteiger partial charge in [0, 0.05) is 13.0 Å². The number of ether oxygens (including phenoxy) is 3. The largest absolute Gasteiger partial charge is 0.450 e. The zero-order valence-corrected chi connectivity index (χ0v) is 16.6. The highest BCUT2D eigenvalue weighted by atomic mass is 19.4.